The predicted molar refractivity (Wildman–Crippen MR) is 88.2 cm³/mol. The molecule has 0 aliphatic heterocycles. The van der Waals surface area contributed by atoms with E-state index in [9.17, 15) is 0 Å². The summed E-state index contributed by atoms with van der Waals surface area (Å²) in [5.41, 5.74) is 3.02. The molecule has 0 fully saturated rings. The minimum atomic E-state index is 0.535. The number of halogens is 3. The van der Waals surface area contributed by atoms with Crippen molar-refractivity contribution >= 4 is 50.2 Å². The lowest BCUT2D eigenvalue weighted by atomic mass is 10.2. The highest BCUT2D eigenvalue weighted by atomic mass is 79.9. The fourth-order valence-electron chi connectivity index (χ4n) is 2.24. The maximum Gasteiger partial charge on any atom is 0.115 e. The van der Waals surface area contributed by atoms with Crippen LogP contribution in [0.1, 0.15) is 5.82 Å². The Hall–Kier alpha value is -1.03. The summed E-state index contributed by atoms with van der Waals surface area (Å²) in [5.74, 6) is 1.48. The minimum Gasteiger partial charge on any atom is -0.296 e. The number of hydrogen-bond acceptors (Lipinski definition) is 1. The van der Waals surface area contributed by atoms with Crippen molar-refractivity contribution in [3.8, 4) is 5.69 Å². The van der Waals surface area contributed by atoms with Crippen LogP contribution in [0.15, 0.2) is 46.9 Å². The third-order valence-electron chi connectivity index (χ3n) is 3.11. The molecule has 2 nitrogen and oxygen atoms in total. The standard InChI is InChI=1S/C15H11BrCl2N2/c16-11-6-5-10(9-12(11)18)20-14-4-2-1-3-13(14)19-15(20)7-8-17/h1-6,9H,7-8H2. The summed E-state index contributed by atoms with van der Waals surface area (Å²) in [6, 6.07) is 13.9. The number of rotatable bonds is 3. The summed E-state index contributed by atoms with van der Waals surface area (Å²) in [4.78, 5) is 4.65. The van der Waals surface area contributed by atoms with E-state index in [1.165, 1.54) is 0 Å². The molecule has 1 heterocycles. The number of hydrogen-bond donors (Lipinski definition) is 0. The van der Waals surface area contributed by atoms with Gasteiger partial charge in [0, 0.05) is 22.5 Å². The van der Waals surface area contributed by atoms with Gasteiger partial charge >= 0.3 is 0 Å². The SMILES string of the molecule is ClCCc1nc2ccccc2n1-c1ccc(Br)c(Cl)c1. The van der Waals surface area contributed by atoms with Gasteiger partial charge in [-0.3, -0.25) is 4.57 Å². The Morgan fingerprint density at radius 1 is 1.15 bits per heavy atom. The molecule has 1 aromatic heterocycles. The molecule has 20 heavy (non-hydrogen) atoms. The Labute approximate surface area is 135 Å². The average molecular weight is 370 g/mol. The summed E-state index contributed by atoms with van der Waals surface area (Å²) >= 11 is 15.5. The van der Waals surface area contributed by atoms with Crippen LogP contribution >= 0.6 is 39.1 Å². The Bertz CT molecular complexity index is 768. The van der Waals surface area contributed by atoms with Gasteiger partial charge < -0.3 is 0 Å². The van der Waals surface area contributed by atoms with Crippen molar-refractivity contribution in [1.29, 1.82) is 0 Å². The molecule has 0 aliphatic rings. The number of aryl methyl sites for hydroxylation is 1. The van der Waals surface area contributed by atoms with Crippen LogP contribution in [0.2, 0.25) is 5.02 Å². The van der Waals surface area contributed by atoms with Crippen molar-refractivity contribution in [2.75, 3.05) is 5.88 Å². The molecule has 0 N–H and O–H groups in total. The van der Waals surface area contributed by atoms with Crippen molar-refractivity contribution in [1.82, 2.24) is 9.55 Å². The molecule has 2 aromatic carbocycles. The summed E-state index contributed by atoms with van der Waals surface area (Å²) in [6.07, 6.45) is 0.712. The number of benzene rings is 2. The Kier molecular flexibility index (Phi) is 4.01. The molecule has 0 atom stereocenters. The lowest BCUT2D eigenvalue weighted by Gasteiger charge is -2.09. The van der Waals surface area contributed by atoms with Crippen LogP contribution in [0.5, 0.6) is 0 Å². The second-order valence-corrected chi connectivity index (χ2v) is 6.03. The van der Waals surface area contributed by atoms with Crippen molar-refractivity contribution in [3.05, 3.63) is 57.8 Å². The van der Waals surface area contributed by atoms with Gasteiger partial charge in [0.15, 0.2) is 0 Å². The van der Waals surface area contributed by atoms with Crippen LogP contribution in [0.25, 0.3) is 16.7 Å². The molecule has 0 saturated carbocycles. The second-order valence-electron chi connectivity index (χ2n) is 4.39. The fourth-order valence-corrected chi connectivity index (χ4v) is 2.83. The molecular formula is C15H11BrCl2N2. The minimum absolute atomic E-state index is 0.535. The molecule has 5 heteroatoms. The van der Waals surface area contributed by atoms with E-state index in [2.05, 4.69) is 31.5 Å². The molecular weight excluding hydrogens is 359 g/mol. The molecule has 0 amide bonds. The van der Waals surface area contributed by atoms with E-state index in [4.69, 9.17) is 23.2 Å². The molecule has 0 aliphatic carbocycles. The normalized spacial score (nSPS) is 11.2. The third kappa shape index (κ3) is 2.46. The predicted octanol–water partition coefficient (Wildman–Crippen LogP) is 5.22. The van der Waals surface area contributed by atoms with E-state index in [1.54, 1.807) is 0 Å². The van der Waals surface area contributed by atoms with E-state index >= 15 is 0 Å². The lowest BCUT2D eigenvalue weighted by molar-refractivity contribution is 0.912. The molecule has 0 bridgehead atoms. The van der Waals surface area contributed by atoms with Gasteiger partial charge in [0.25, 0.3) is 0 Å². The molecule has 3 rings (SSSR count). The molecule has 0 radical (unpaired) electrons. The zero-order chi connectivity index (χ0) is 14.1. The monoisotopic (exact) mass is 368 g/mol. The smallest absolute Gasteiger partial charge is 0.115 e. The van der Waals surface area contributed by atoms with Crippen molar-refractivity contribution in [3.63, 3.8) is 0 Å². The summed E-state index contributed by atoms with van der Waals surface area (Å²) in [6.45, 7) is 0. The van der Waals surface area contributed by atoms with Gasteiger partial charge in [0.1, 0.15) is 5.82 Å². The highest BCUT2D eigenvalue weighted by molar-refractivity contribution is 9.10. The Morgan fingerprint density at radius 3 is 2.70 bits per heavy atom. The summed E-state index contributed by atoms with van der Waals surface area (Å²) in [5, 5.41) is 0.678. The summed E-state index contributed by atoms with van der Waals surface area (Å²) in [7, 11) is 0. The van der Waals surface area contributed by atoms with Gasteiger partial charge in [-0.2, -0.15) is 0 Å². The molecule has 3 aromatic rings. The van der Waals surface area contributed by atoms with E-state index in [1.807, 2.05) is 36.4 Å². The molecule has 0 saturated heterocycles. The first-order valence-electron chi connectivity index (χ1n) is 6.18. The first kappa shape index (κ1) is 13.9. The van der Waals surface area contributed by atoms with Gasteiger partial charge in [-0.05, 0) is 46.3 Å². The number of imidazole rings is 1. The molecule has 0 spiro atoms. The van der Waals surface area contributed by atoms with Gasteiger partial charge in [-0.15, -0.1) is 11.6 Å². The van der Waals surface area contributed by atoms with Crippen molar-refractivity contribution in [2.45, 2.75) is 6.42 Å². The van der Waals surface area contributed by atoms with Crippen LogP contribution in [0, 0.1) is 0 Å². The number of aromatic nitrogens is 2. The average Bonchev–Trinajstić information content (AvgIpc) is 2.80. The third-order valence-corrected chi connectivity index (χ3v) is 4.53. The van der Waals surface area contributed by atoms with Crippen LogP contribution in [0.4, 0.5) is 0 Å². The summed E-state index contributed by atoms with van der Waals surface area (Å²) < 4.78 is 2.99. The van der Waals surface area contributed by atoms with Crippen LogP contribution in [0.3, 0.4) is 0 Å². The second kappa shape index (κ2) is 5.76. The molecule has 102 valence electrons. The van der Waals surface area contributed by atoms with Crippen LogP contribution in [-0.2, 0) is 6.42 Å². The topological polar surface area (TPSA) is 17.8 Å². The van der Waals surface area contributed by atoms with Crippen molar-refractivity contribution < 1.29 is 0 Å². The highest BCUT2D eigenvalue weighted by Crippen LogP contribution is 2.28. The van der Waals surface area contributed by atoms with E-state index in [-0.39, 0.29) is 0 Å². The van der Waals surface area contributed by atoms with Crippen LogP contribution in [-0.4, -0.2) is 15.4 Å². The number of alkyl halides is 1. The van der Waals surface area contributed by atoms with Gasteiger partial charge in [0.2, 0.25) is 0 Å². The molecule has 0 unspecified atom stereocenters. The highest BCUT2D eigenvalue weighted by Gasteiger charge is 2.12. The first-order chi connectivity index (χ1) is 9.70. The van der Waals surface area contributed by atoms with Gasteiger partial charge in [-0.1, -0.05) is 23.7 Å². The van der Waals surface area contributed by atoms with Gasteiger partial charge in [0.05, 0.1) is 16.1 Å². The maximum atomic E-state index is 6.20. The number of nitrogens with zero attached hydrogens (tertiary/aromatic N) is 2. The zero-order valence-corrected chi connectivity index (χ0v) is 13.6. The first-order valence-corrected chi connectivity index (χ1v) is 7.89. The van der Waals surface area contributed by atoms with Gasteiger partial charge in [-0.25, -0.2) is 4.98 Å². The fraction of sp³-hybridized carbons (Fsp3) is 0.133. The van der Waals surface area contributed by atoms with E-state index < -0.39 is 0 Å². The maximum absolute atomic E-state index is 6.20. The quantitative estimate of drug-likeness (QED) is 0.578. The number of para-hydroxylation sites is 2. The van der Waals surface area contributed by atoms with E-state index in [0.29, 0.717) is 17.3 Å². The zero-order valence-electron chi connectivity index (χ0n) is 10.5. The van der Waals surface area contributed by atoms with E-state index in [0.717, 1.165) is 27.0 Å². The Morgan fingerprint density at radius 2 is 1.95 bits per heavy atom. The number of fused-ring (bicyclic) bond motifs is 1. The Balaban J connectivity index is 2.26. The van der Waals surface area contributed by atoms with Crippen molar-refractivity contribution in [2.24, 2.45) is 0 Å². The largest absolute Gasteiger partial charge is 0.296 e. The lowest BCUT2D eigenvalue weighted by Crippen LogP contribution is -2.02. The van der Waals surface area contributed by atoms with Crippen LogP contribution < -0.4 is 0 Å².